The van der Waals surface area contributed by atoms with Gasteiger partial charge in [0.15, 0.2) is 0 Å². The van der Waals surface area contributed by atoms with Gasteiger partial charge in [-0.1, -0.05) is 51.4 Å². The van der Waals surface area contributed by atoms with Crippen molar-refractivity contribution in [3.05, 3.63) is 62.7 Å². The first-order valence-corrected chi connectivity index (χ1v) is 7.01. The molecule has 0 aromatic heterocycles. The Balaban J connectivity index is 0.00000180. The number of benzene rings is 1. The van der Waals surface area contributed by atoms with E-state index in [-0.39, 0.29) is 32.7 Å². The third kappa shape index (κ3) is 3.74. The maximum atomic E-state index is 6.27. The average molecular weight is 433 g/mol. The largest absolute Gasteiger partial charge is 0.374 e. The van der Waals surface area contributed by atoms with E-state index in [0.29, 0.717) is 10.1 Å². The molecule has 1 heterocycles. The summed E-state index contributed by atoms with van der Waals surface area (Å²) in [5.74, 6) is 0. The van der Waals surface area contributed by atoms with Crippen molar-refractivity contribution >= 4 is 44.8 Å². The predicted octanol–water partition coefficient (Wildman–Crippen LogP) is 5.22. The van der Waals surface area contributed by atoms with Gasteiger partial charge >= 0.3 is 0 Å². The maximum absolute atomic E-state index is 6.27. The van der Waals surface area contributed by atoms with Crippen LogP contribution < -0.4 is 0 Å². The molecule has 1 aliphatic rings. The smallest absolute Gasteiger partial charge is 0.0170 e. The first-order chi connectivity index (χ1) is 8.54. The van der Waals surface area contributed by atoms with Crippen LogP contribution >= 0.6 is 39.1 Å². The zero-order valence-corrected chi connectivity index (χ0v) is 16.3. The van der Waals surface area contributed by atoms with Gasteiger partial charge in [0.05, 0.1) is 0 Å². The molecule has 19 heavy (non-hydrogen) atoms. The standard InChI is InChI=1S/C14H11BrCl2N.Y/c1-3-18-9(2)12(16)6-7-14(18)11-5-4-10(15)8-13(11)17;/h4-6,8H,2-3H2,1H3;/q-1;. The van der Waals surface area contributed by atoms with Gasteiger partial charge in [0.2, 0.25) is 0 Å². The minimum Gasteiger partial charge on any atom is -0.374 e. The monoisotopic (exact) mass is 431 g/mol. The molecule has 0 saturated heterocycles. The van der Waals surface area contributed by atoms with Crippen molar-refractivity contribution in [2.75, 3.05) is 6.54 Å². The summed E-state index contributed by atoms with van der Waals surface area (Å²) in [6.45, 7) is 6.78. The molecule has 1 nitrogen and oxygen atoms in total. The van der Waals surface area contributed by atoms with Gasteiger partial charge in [0, 0.05) is 43.7 Å². The molecule has 5 heteroatoms. The minimum absolute atomic E-state index is 0. The van der Waals surface area contributed by atoms with Crippen LogP contribution in [0.3, 0.4) is 0 Å². The van der Waals surface area contributed by atoms with Gasteiger partial charge in [0.1, 0.15) is 0 Å². The molecule has 0 atom stereocenters. The van der Waals surface area contributed by atoms with E-state index >= 15 is 0 Å². The average Bonchev–Trinajstić information content (AvgIpc) is 2.33. The van der Waals surface area contributed by atoms with Gasteiger partial charge in [-0.25, -0.2) is 0 Å². The maximum Gasteiger partial charge on any atom is 0.0170 e. The van der Waals surface area contributed by atoms with Crippen molar-refractivity contribution < 1.29 is 32.7 Å². The van der Waals surface area contributed by atoms with E-state index in [1.165, 1.54) is 0 Å². The number of halogens is 3. The molecule has 1 aromatic rings. The van der Waals surface area contributed by atoms with Crippen LogP contribution in [0.4, 0.5) is 0 Å². The Morgan fingerprint density at radius 1 is 1.37 bits per heavy atom. The number of rotatable bonds is 2. The fraction of sp³-hybridized carbons (Fsp3) is 0.143. The molecule has 0 aliphatic carbocycles. The van der Waals surface area contributed by atoms with Crippen LogP contribution in [-0.4, -0.2) is 11.4 Å². The second-order valence-electron chi connectivity index (χ2n) is 3.80. The van der Waals surface area contributed by atoms with Gasteiger partial charge in [-0.3, -0.25) is 0 Å². The van der Waals surface area contributed by atoms with Crippen molar-refractivity contribution in [1.82, 2.24) is 4.90 Å². The molecule has 0 amide bonds. The molecule has 0 N–H and O–H groups in total. The van der Waals surface area contributed by atoms with Crippen molar-refractivity contribution in [3.8, 4) is 0 Å². The molecule has 2 rings (SSSR count). The summed E-state index contributed by atoms with van der Waals surface area (Å²) in [5.41, 5.74) is 2.58. The molecular weight excluding hydrogens is 422 g/mol. The van der Waals surface area contributed by atoms with Crippen LogP contribution in [0.15, 0.2) is 46.1 Å². The Hall–Kier alpha value is 0.404. The summed E-state index contributed by atoms with van der Waals surface area (Å²) in [6.07, 6.45) is 4.89. The normalized spacial score (nSPS) is 14.7. The molecule has 0 spiro atoms. The van der Waals surface area contributed by atoms with Crippen LogP contribution in [0.1, 0.15) is 12.5 Å². The molecule has 0 saturated carbocycles. The number of hydrogen-bond acceptors (Lipinski definition) is 1. The topological polar surface area (TPSA) is 3.24 Å². The number of nitrogens with zero attached hydrogens (tertiary/aromatic N) is 1. The predicted molar refractivity (Wildman–Crippen MR) is 81.3 cm³/mol. The van der Waals surface area contributed by atoms with Crippen LogP contribution in [0.25, 0.3) is 5.70 Å². The molecule has 0 bridgehead atoms. The Kier molecular flexibility index (Phi) is 6.82. The summed E-state index contributed by atoms with van der Waals surface area (Å²) in [7, 11) is 0. The van der Waals surface area contributed by atoms with Crippen molar-refractivity contribution in [2.24, 2.45) is 0 Å². The molecule has 0 fully saturated rings. The second kappa shape index (κ2) is 7.42. The van der Waals surface area contributed by atoms with Crippen molar-refractivity contribution in [2.45, 2.75) is 6.92 Å². The summed E-state index contributed by atoms with van der Waals surface area (Å²) < 4.78 is 0.947. The SMILES string of the molecule is C=C1C(Cl)=C[C-]=C(c2ccc(Br)cc2Cl)N1CC.[Y]. The van der Waals surface area contributed by atoms with E-state index in [1.807, 2.05) is 30.0 Å². The van der Waals surface area contributed by atoms with E-state index < -0.39 is 0 Å². The third-order valence-electron chi connectivity index (χ3n) is 2.71. The summed E-state index contributed by atoms with van der Waals surface area (Å²) in [4.78, 5) is 2.00. The van der Waals surface area contributed by atoms with Gasteiger partial charge in [0.25, 0.3) is 0 Å². The first-order valence-electron chi connectivity index (χ1n) is 5.46. The van der Waals surface area contributed by atoms with E-state index in [2.05, 4.69) is 28.6 Å². The van der Waals surface area contributed by atoms with E-state index in [9.17, 15) is 0 Å². The van der Waals surface area contributed by atoms with Crippen LogP contribution in [0, 0.1) is 6.08 Å². The van der Waals surface area contributed by atoms with Gasteiger partial charge < -0.3 is 4.90 Å². The molecule has 1 aliphatic heterocycles. The van der Waals surface area contributed by atoms with Crippen LogP contribution in [0.5, 0.6) is 0 Å². The number of allylic oxidation sites excluding steroid dienone is 3. The van der Waals surface area contributed by atoms with E-state index in [0.717, 1.165) is 28.0 Å². The van der Waals surface area contributed by atoms with Gasteiger partial charge in [-0.2, -0.15) is 23.8 Å². The number of likely N-dealkylation sites (N-methyl/N-ethyl adjacent to an activating group) is 1. The van der Waals surface area contributed by atoms with Crippen molar-refractivity contribution in [3.63, 3.8) is 0 Å². The van der Waals surface area contributed by atoms with Gasteiger partial charge in [-0.05, 0) is 28.7 Å². The fourth-order valence-corrected chi connectivity index (χ4v) is 2.73. The summed E-state index contributed by atoms with van der Waals surface area (Å²) in [6, 6.07) is 5.77. The molecule has 1 radical (unpaired) electrons. The number of hydrogen-bond donors (Lipinski definition) is 0. The molecule has 97 valence electrons. The zero-order chi connectivity index (χ0) is 13.3. The molecule has 0 unspecified atom stereocenters. The van der Waals surface area contributed by atoms with E-state index in [1.54, 1.807) is 6.08 Å². The first kappa shape index (κ1) is 17.5. The Morgan fingerprint density at radius 3 is 2.63 bits per heavy atom. The minimum atomic E-state index is 0. The van der Waals surface area contributed by atoms with Crippen molar-refractivity contribution in [1.29, 1.82) is 0 Å². The molecular formula is C14H11BrCl2NY-. The Morgan fingerprint density at radius 2 is 2.05 bits per heavy atom. The third-order valence-corrected chi connectivity index (χ3v) is 3.84. The summed E-state index contributed by atoms with van der Waals surface area (Å²) >= 11 is 15.7. The second-order valence-corrected chi connectivity index (χ2v) is 5.53. The summed E-state index contributed by atoms with van der Waals surface area (Å²) in [5, 5.41) is 1.28. The zero-order valence-electron chi connectivity index (χ0n) is 10.4. The van der Waals surface area contributed by atoms with Gasteiger partial charge in [-0.15, -0.1) is 6.07 Å². The molecule has 1 aromatic carbocycles. The quantitative estimate of drug-likeness (QED) is 0.579. The van der Waals surface area contributed by atoms with Crippen LogP contribution in [-0.2, 0) is 32.7 Å². The van der Waals surface area contributed by atoms with E-state index in [4.69, 9.17) is 23.2 Å². The Labute approximate surface area is 157 Å². The fourth-order valence-electron chi connectivity index (χ4n) is 1.81. The van der Waals surface area contributed by atoms with Crippen LogP contribution in [0.2, 0.25) is 5.02 Å². The Bertz CT molecular complexity index is 567.